The van der Waals surface area contributed by atoms with Crippen LogP contribution in [0.15, 0.2) is 77.4 Å². The van der Waals surface area contributed by atoms with Crippen molar-refractivity contribution in [3.05, 3.63) is 95.4 Å². The molecular weight excluding hydrogens is 499 g/mol. The fraction of sp³-hybridized carbons (Fsp3) is 0.250. The molecule has 0 N–H and O–H groups in total. The molecular formula is C28H22F3N3O4. The van der Waals surface area contributed by atoms with Crippen LogP contribution in [0.4, 0.5) is 13.2 Å². The molecule has 1 aromatic heterocycles. The summed E-state index contributed by atoms with van der Waals surface area (Å²) in [4.78, 5) is 19.2. The monoisotopic (exact) mass is 521 g/mol. The summed E-state index contributed by atoms with van der Waals surface area (Å²) in [6.07, 6.45) is 3.36. The standard InChI is InChI=1S/C28H22F3N3O4/c1-2-3-4-5-20-15-34(14-17-6-8-18(9-7-17)24-32-25(38-33-24)28(29,30)31)26(35)27(20)16-37-23-13-22-19(10-11-36-22)12-21(23)27/h2-9,12-13H,1,10-11,14-16H2/b4-3-,20-5+. The van der Waals surface area contributed by atoms with Gasteiger partial charge in [0.1, 0.15) is 23.5 Å². The molecule has 0 saturated carbocycles. The number of aromatic nitrogens is 2. The van der Waals surface area contributed by atoms with Gasteiger partial charge in [0.2, 0.25) is 11.7 Å². The summed E-state index contributed by atoms with van der Waals surface area (Å²) in [7, 11) is 0. The summed E-state index contributed by atoms with van der Waals surface area (Å²) in [6.45, 7) is 5.23. The molecule has 3 aromatic rings. The molecule has 0 radical (unpaired) electrons. The summed E-state index contributed by atoms with van der Waals surface area (Å²) in [5, 5.41) is 3.42. The second-order valence-corrected chi connectivity index (χ2v) is 9.34. The number of allylic oxidation sites excluding steroid dienone is 4. The maximum atomic E-state index is 14.0. The van der Waals surface area contributed by atoms with Gasteiger partial charge in [0.05, 0.1) is 6.61 Å². The van der Waals surface area contributed by atoms with E-state index < -0.39 is 17.5 Å². The lowest BCUT2D eigenvalue weighted by atomic mass is 9.76. The molecule has 10 heteroatoms. The number of halogens is 3. The normalized spacial score (nSPS) is 21.3. The average molecular weight is 521 g/mol. The predicted molar refractivity (Wildman–Crippen MR) is 130 cm³/mol. The number of alkyl halides is 3. The van der Waals surface area contributed by atoms with E-state index in [1.807, 2.05) is 30.4 Å². The summed E-state index contributed by atoms with van der Waals surface area (Å²) < 4.78 is 54.4. The first kappa shape index (κ1) is 24.0. The number of rotatable bonds is 5. The van der Waals surface area contributed by atoms with E-state index in [4.69, 9.17) is 9.47 Å². The van der Waals surface area contributed by atoms with Crippen molar-refractivity contribution in [2.24, 2.45) is 0 Å². The van der Waals surface area contributed by atoms with Crippen molar-refractivity contribution in [1.82, 2.24) is 15.0 Å². The number of nitrogens with zero attached hydrogens (tertiary/aromatic N) is 3. The second kappa shape index (κ2) is 8.90. The van der Waals surface area contributed by atoms with E-state index >= 15 is 0 Å². The van der Waals surface area contributed by atoms with Crippen LogP contribution in [0, 0.1) is 0 Å². The fourth-order valence-corrected chi connectivity index (χ4v) is 5.19. The number of fused-ring (bicyclic) bond motifs is 3. The van der Waals surface area contributed by atoms with Gasteiger partial charge < -0.3 is 18.9 Å². The van der Waals surface area contributed by atoms with E-state index in [0.717, 1.165) is 34.4 Å². The van der Waals surface area contributed by atoms with Gasteiger partial charge in [-0.3, -0.25) is 4.79 Å². The SMILES string of the molecule is C=C/C=C\C=C1/CN(Cc2ccc(-c3noc(C(F)(F)F)n3)cc2)C(=O)C12COc1cc3c(cc12)CCO3. The minimum Gasteiger partial charge on any atom is -0.493 e. The number of hydrogen-bond acceptors (Lipinski definition) is 6. The maximum absolute atomic E-state index is 14.0. The molecule has 6 rings (SSSR count). The fourth-order valence-electron chi connectivity index (χ4n) is 5.19. The average Bonchev–Trinajstić information content (AvgIpc) is 3.68. The molecule has 2 aromatic carbocycles. The van der Waals surface area contributed by atoms with E-state index in [0.29, 0.717) is 31.0 Å². The summed E-state index contributed by atoms with van der Waals surface area (Å²) in [5.41, 5.74) is 3.08. The molecule has 4 heterocycles. The highest BCUT2D eigenvalue weighted by atomic mass is 19.4. The topological polar surface area (TPSA) is 77.7 Å². The molecule has 3 aliphatic heterocycles. The van der Waals surface area contributed by atoms with E-state index in [9.17, 15) is 18.0 Å². The van der Waals surface area contributed by atoms with Gasteiger partial charge >= 0.3 is 12.1 Å². The smallest absolute Gasteiger partial charge is 0.471 e. The quantitative estimate of drug-likeness (QED) is 0.439. The van der Waals surface area contributed by atoms with Crippen molar-refractivity contribution in [2.45, 2.75) is 24.6 Å². The molecule has 1 fully saturated rings. The predicted octanol–water partition coefficient (Wildman–Crippen LogP) is 5.03. The van der Waals surface area contributed by atoms with Crippen LogP contribution >= 0.6 is 0 Å². The van der Waals surface area contributed by atoms with Crippen LogP contribution in [0.2, 0.25) is 0 Å². The van der Waals surface area contributed by atoms with Gasteiger partial charge in [0, 0.05) is 36.7 Å². The van der Waals surface area contributed by atoms with Crippen LogP contribution in [0.1, 0.15) is 22.6 Å². The Kier molecular flexibility index (Phi) is 5.62. The van der Waals surface area contributed by atoms with Gasteiger partial charge in [-0.2, -0.15) is 18.2 Å². The first-order chi connectivity index (χ1) is 18.3. The van der Waals surface area contributed by atoms with E-state index in [1.165, 1.54) is 0 Å². The molecule has 3 aliphatic rings. The summed E-state index contributed by atoms with van der Waals surface area (Å²) in [5.74, 6) is -0.169. The van der Waals surface area contributed by atoms with Crippen molar-refractivity contribution >= 4 is 5.91 Å². The van der Waals surface area contributed by atoms with Crippen LogP contribution < -0.4 is 9.47 Å². The number of likely N-dealkylation sites (tertiary alicyclic amines) is 1. The number of carbonyl (C=O) groups is 1. The van der Waals surface area contributed by atoms with E-state index in [2.05, 4.69) is 21.2 Å². The molecule has 0 aliphatic carbocycles. The first-order valence-corrected chi connectivity index (χ1v) is 12.0. The molecule has 7 nitrogen and oxygen atoms in total. The molecule has 1 spiro atoms. The van der Waals surface area contributed by atoms with Gasteiger partial charge in [-0.05, 0) is 22.8 Å². The van der Waals surface area contributed by atoms with E-state index in [-0.39, 0.29) is 18.3 Å². The van der Waals surface area contributed by atoms with Gasteiger partial charge in [-0.15, -0.1) is 0 Å². The maximum Gasteiger partial charge on any atom is 0.471 e. The zero-order valence-electron chi connectivity index (χ0n) is 20.1. The first-order valence-electron chi connectivity index (χ1n) is 12.0. The van der Waals surface area contributed by atoms with Crippen molar-refractivity contribution in [2.75, 3.05) is 19.8 Å². The molecule has 1 saturated heterocycles. The van der Waals surface area contributed by atoms with Gasteiger partial charge in [0.25, 0.3) is 0 Å². The van der Waals surface area contributed by atoms with Gasteiger partial charge in [-0.1, -0.05) is 60.3 Å². The Labute approximate surface area is 215 Å². The number of amides is 1. The molecule has 38 heavy (non-hydrogen) atoms. The minimum absolute atomic E-state index is 0.0644. The molecule has 1 atom stereocenters. The summed E-state index contributed by atoms with van der Waals surface area (Å²) >= 11 is 0. The van der Waals surface area contributed by atoms with Gasteiger partial charge in [0.15, 0.2) is 0 Å². The van der Waals surface area contributed by atoms with Crippen molar-refractivity contribution in [1.29, 1.82) is 0 Å². The minimum atomic E-state index is -4.71. The largest absolute Gasteiger partial charge is 0.493 e. The molecule has 1 unspecified atom stereocenters. The Bertz CT molecular complexity index is 1490. The highest BCUT2D eigenvalue weighted by Gasteiger charge is 2.56. The zero-order valence-corrected chi connectivity index (χ0v) is 20.1. The molecule has 194 valence electrons. The molecule has 0 bridgehead atoms. The number of carbonyl (C=O) groups excluding carboxylic acids is 1. The van der Waals surface area contributed by atoms with Gasteiger partial charge in [-0.25, -0.2) is 0 Å². The Hall–Kier alpha value is -4.34. The van der Waals surface area contributed by atoms with Crippen LogP contribution in [0.3, 0.4) is 0 Å². The Balaban J connectivity index is 1.29. The van der Waals surface area contributed by atoms with Crippen LogP contribution in [-0.2, 0) is 29.4 Å². The Morgan fingerprint density at radius 2 is 1.92 bits per heavy atom. The number of hydrogen-bond donors (Lipinski definition) is 0. The number of ether oxygens (including phenoxy) is 2. The zero-order chi connectivity index (χ0) is 26.5. The lowest BCUT2D eigenvalue weighted by Crippen LogP contribution is -2.39. The van der Waals surface area contributed by atoms with Crippen LogP contribution in [0.5, 0.6) is 11.5 Å². The Morgan fingerprint density at radius 3 is 2.66 bits per heavy atom. The van der Waals surface area contributed by atoms with Crippen molar-refractivity contribution < 1.29 is 32.0 Å². The number of benzene rings is 2. The highest BCUT2D eigenvalue weighted by Crippen LogP contribution is 2.51. The Morgan fingerprint density at radius 1 is 1.11 bits per heavy atom. The van der Waals surface area contributed by atoms with Crippen molar-refractivity contribution in [3.63, 3.8) is 0 Å². The van der Waals surface area contributed by atoms with E-state index in [1.54, 1.807) is 35.2 Å². The highest BCUT2D eigenvalue weighted by molar-refractivity contribution is 5.97. The lowest BCUT2D eigenvalue weighted by molar-refractivity contribution is -0.159. The van der Waals surface area contributed by atoms with Crippen LogP contribution in [0.25, 0.3) is 11.4 Å². The third kappa shape index (κ3) is 3.87. The summed E-state index contributed by atoms with van der Waals surface area (Å²) in [6, 6.07) is 10.6. The third-order valence-corrected chi connectivity index (χ3v) is 7.06. The van der Waals surface area contributed by atoms with Crippen LogP contribution in [-0.4, -0.2) is 40.7 Å². The third-order valence-electron chi connectivity index (χ3n) is 7.06. The second-order valence-electron chi connectivity index (χ2n) is 9.34. The lowest BCUT2D eigenvalue weighted by Gasteiger charge is -2.23. The molecule has 1 amide bonds. The van der Waals surface area contributed by atoms with Crippen molar-refractivity contribution in [3.8, 4) is 22.9 Å².